The number of anilines is 1. The number of aliphatic hydroxyl groups excluding tert-OH is 1. The molecule has 0 aliphatic carbocycles. The molecule has 0 bridgehead atoms. The van der Waals surface area contributed by atoms with Crippen LogP contribution in [0.1, 0.15) is 5.56 Å². The summed E-state index contributed by atoms with van der Waals surface area (Å²) < 4.78 is 4.46. The van der Waals surface area contributed by atoms with E-state index in [0.717, 1.165) is 5.56 Å². The Kier molecular flexibility index (Phi) is 6.58. The number of amides is 2. The first kappa shape index (κ1) is 25.2. The first-order valence-corrected chi connectivity index (χ1v) is 13.9. The molecule has 38 heavy (non-hydrogen) atoms. The van der Waals surface area contributed by atoms with E-state index in [9.17, 15) is 19.5 Å². The Morgan fingerprint density at radius 3 is 2.55 bits per heavy atom. The molecule has 2 fully saturated rings. The van der Waals surface area contributed by atoms with E-state index in [4.69, 9.17) is 16.3 Å². The predicted octanol–water partition coefficient (Wildman–Crippen LogP) is 3.26. The highest BCUT2D eigenvalue weighted by molar-refractivity contribution is 8.02. The van der Waals surface area contributed by atoms with Crippen molar-refractivity contribution in [3.05, 3.63) is 89.5 Å². The zero-order chi connectivity index (χ0) is 26.4. The minimum Gasteiger partial charge on any atom is -0.461 e. The molecule has 0 aromatic heterocycles. The molecule has 4 aliphatic rings. The van der Waals surface area contributed by atoms with Crippen LogP contribution < -0.4 is 4.90 Å². The van der Waals surface area contributed by atoms with Gasteiger partial charge in [-0.2, -0.15) is 0 Å². The Morgan fingerprint density at radius 2 is 1.82 bits per heavy atom. The third kappa shape index (κ3) is 3.97. The van der Waals surface area contributed by atoms with E-state index >= 15 is 0 Å². The SMILES string of the molecule is O=C1OCC=C[C@H]2S[C@]34C=CCN(c5ccc(Cl)cc5)C(=O)C3N([C@@H](CO)Cc3ccccc3)C(=O)[C@@H]4[C@@H]12. The lowest BCUT2D eigenvalue weighted by Gasteiger charge is -2.38. The van der Waals surface area contributed by atoms with Crippen molar-refractivity contribution in [2.24, 2.45) is 11.8 Å². The lowest BCUT2D eigenvalue weighted by Crippen LogP contribution is -2.57. The lowest BCUT2D eigenvalue weighted by atomic mass is 9.78. The van der Waals surface area contributed by atoms with Crippen molar-refractivity contribution in [3.8, 4) is 0 Å². The number of likely N-dealkylation sites (tertiary alicyclic amines) is 1. The maximum Gasteiger partial charge on any atom is 0.311 e. The van der Waals surface area contributed by atoms with Gasteiger partial charge in [-0.15, -0.1) is 11.8 Å². The van der Waals surface area contributed by atoms with Gasteiger partial charge in [0.2, 0.25) is 5.91 Å². The fraction of sp³-hybridized carbons (Fsp3) is 0.345. The number of thioether (sulfide) groups is 1. The number of nitrogens with zero attached hydrogens (tertiary/aromatic N) is 2. The van der Waals surface area contributed by atoms with Gasteiger partial charge in [0.05, 0.1) is 29.2 Å². The number of ether oxygens (including phenoxy) is 1. The van der Waals surface area contributed by atoms with Crippen molar-refractivity contribution in [2.75, 3.05) is 24.7 Å². The van der Waals surface area contributed by atoms with Crippen LogP contribution in [-0.4, -0.2) is 69.6 Å². The molecule has 0 saturated carbocycles. The number of carbonyl (C=O) groups excluding carboxylic acids is 3. The number of hydrogen-bond acceptors (Lipinski definition) is 6. The molecule has 2 amide bonds. The first-order chi connectivity index (χ1) is 18.4. The molecule has 2 aromatic carbocycles. The maximum atomic E-state index is 14.5. The molecule has 4 aliphatic heterocycles. The zero-order valence-corrected chi connectivity index (χ0v) is 22.1. The van der Waals surface area contributed by atoms with E-state index in [0.29, 0.717) is 23.7 Å². The summed E-state index contributed by atoms with van der Waals surface area (Å²) in [6, 6.07) is 15.1. The van der Waals surface area contributed by atoms with Crippen LogP contribution in [0.5, 0.6) is 0 Å². The molecule has 7 nitrogen and oxygen atoms in total. The molecule has 9 heteroatoms. The Balaban J connectivity index is 1.47. The Hall–Kier alpha value is -3.07. The number of fused-ring (bicyclic) bond motifs is 2. The summed E-state index contributed by atoms with van der Waals surface area (Å²) in [5.41, 5.74) is 1.61. The first-order valence-electron chi connectivity index (χ1n) is 12.7. The maximum absolute atomic E-state index is 14.5. The number of halogens is 1. The number of carbonyl (C=O) groups is 3. The summed E-state index contributed by atoms with van der Waals surface area (Å²) in [6.45, 7) is 0.160. The normalized spacial score (nSPS) is 30.8. The number of benzene rings is 2. The van der Waals surface area contributed by atoms with Crippen LogP contribution >= 0.6 is 23.4 Å². The molecule has 1 unspecified atom stereocenters. The summed E-state index contributed by atoms with van der Waals surface area (Å²) in [5, 5.41) is 10.8. The minimum absolute atomic E-state index is 0.167. The van der Waals surface area contributed by atoms with Crippen LogP contribution in [-0.2, 0) is 25.5 Å². The van der Waals surface area contributed by atoms with Gasteiger partial charge in [-0.05, 0) is 36.2 Å². The van der Waals surface area contributed by atoms with Crippen molar-refractivity contribution in [1.82, 2.24) is 4.90 Å². The van der Waals surface area contributed by atoms with Crippen LogP contribution in [0.4, 0.5) is 5.69 Å². The molecular formula is C29H27ClN2O5S. The lowest BCUT2D eigenvalue weighted by molar-refractivity contribution is -0.152. The van der Waals surface area contributed by atoms with Crippen LogP contribution in [0.3, 0.4) is 0 Å². The molecule has 2 aromatic rings. The Labute approximate surface area is 230 Å². The second-order valence-corrected chi connectivity index (χ2v) is 11.9. The molecule has 0 radical (unpaired) electrons. The van der Waals surface area contributed by atoms with Gasteiger partial charge in [-0.3, -0.25) is 14.4 Å². The molecule has 4 heterocycles. The minimum atomic E-state index is -0.977. The summed E-state index contributed by atoms with van der Waals surface area (Å²) in [5.74, 6) is -2.47. The third-order valence-corrected chi connectivity index (χ3v) is 9.90. The summed E-state index contributed by atoms with van der Waals surface area (Å²) in [6.07, 6.45) is 7.97. The van der Waals surface area contributed by atoms with Gasteiger partial charge in [-0.25, -0.2) is 0 Å². The molecule has 6 atom stereocenters. The van der Waals surface area contributed by atoms with E-state index in [2.05, 4.69) is 0 Å². The molecule has 196 valence electrons. The smallest absolute Gasteiger partial charge is 0.311 e. The fourth-order valence-electron chi connectivity index (χ4n) is 6.29. The quantitative estimate of drug-likeness (QED) is 0.454. The average molecular weight is 551 g/mol. The van der Waals surface area contributed by atoms with Crippen LogP contribution in [0.2, 0.25) is 5.02 Å². The van der Waals surface area contributed by atoms with Crippen LogP contribution in [0.25, 0.3) is 0 Å². The molecule has 1 N–H and O–H groups in total. The van der Waals surface area contributed by atoms with Crippen molar-refractivity contribution in [3.63, 3.8) is 0 Å². The third-order valence-electron chi connectivity index (χ3n) is 7.91. The highest BCUT2D eigenvalue weighted by Gasteiger charge is 2.71. The van der Waals surface area contributed by atoms with E-state index in [1.165, 1.54) is 11.8 Å². The van der Waals surface area contributed by atoms with Crippen LogP contribution in [0.15, 0.2) is 78.9 Å². The van der Waals surface area contributed by atoms with Gasteiger partial charge in [0.15, 0.2) is 0 Å². The fourth-order valence-corrected chi connectivity index (χ4v) is 8.41. The van der Waals surface area contributed by atoms with Gasteiger partial charge >= 0.3 is 5.97 Å². The van der Waals surface area contributed by atoms with Gasteiger partial charge < -0.3 is 19.6 Å². The molecular weight excluding hydrogens is 524 g/mol. The van der Waals surface area contributed by atoms with Crippen molar-refractivity contribution in [2.45, 2.75) is 28.5 Å². The monoisotopic (exact) mass is 550 g/mol. The molecule has 6 rings (SSSR count). The number of cyclic esters (lactones) is 1. The standard InChI is InChI=1S/C29H27ClN2O5S/c30-19-9-11-20(12-10-19)31-14-5-13-29-24(23-22(38-29)8-4-15-37-28(23)36)26(34)32(25(29)27(31)35)21(17-33)16-18-6-2-1-3-7-18/h1-13,21-25,33H,14-17H2/t21-,22-,23+,24+,25?,29+/m1/s1. The van der Waals surface area contributed by atoms with Crippen molar-refractivity contribution < 1.29 is 24.2 Å². The van der Waals surface area contributed by atoms with Gasteiger partial charge in [-0.1, -0.05) is 66.2 Å². The summed E-state index contributed by atoms with van der Waals surface area (Å²) in [7, 11) is 0. The Morgan fingerprint density at radius 1 is 1.05 bits per heavy atom. The second kappa shape index (κ2) is 9.91. The van der Waals surface area contributed by atoms with Gasteiger partial charge in [0, 0.05) is 22.5 Å². The summed E-state index contributed by atoms with van der Waals surface area (Å²) in [4.78, 5) is 45.2. The van der Waals surface area contributed by atoms with E-state index in [-0.39, 0.29) is 30.3 Å². The number of rotatable bonds is 5. The van der Waals surface area contributed by atoms with Crippen molar-refractivity contribution in [1.29, 1.82) is 0 Å². The molecule has 2 saturated heterocycles. The highest BCUT2D eigenvalue weighted by atomic mass is 35.5. The van der Waals surface area contributed by atoms with E-state index in [1.807, 2.05) is 48.6 Å². The van der Waals surface area contributed by atoms with E-state index < -0.39 is 34.6 Å². The van der Waals surface area contributed by atoms with E-state index in [1.54, 1.807) is 40.1 Å². The summed E-state index contributed by atoms with van der Waals surface area (Å²) >= 11 is 7.59. The van der Waals surface area contributed by atoms with Crippen molar-refractivity contribution >= 4 is 46.8 Å². The number of esters is 1. The van der Waals surface area contributed by atoms with Gasteiger partial charge in [0.1, 0.15) is 12.6 Å². The largest absolute Gasteiger partial charge is 0.461 e. The highest BCUT2D eigenvalue weighted by Crippen LogP contribution is 2.61. The zero-order valence-electron chi connectivity index (χ0n) is 20.5. The van der Waals surface area contributed by atoms with Gasteiger partial charge in [0.25, 0.3) is 5.91 Å². The molecule has 1 spiro atoms. The topological polar surface area (TPSA) is 87.2 Å². The predicted molar refractivity (Wildman–Crippen MR) is 146 cm³/mol. The number of hydrogen-bond donors (Lipinski definition) is 1. The van der Waals surface area contributed by atoms with Crippen LogP contribution in [0, 0.1) is 11.8 Å². The average Bonchev–Trinajstić information content (AvgIpc) is 3.23. The second-order valence-electron chi connectivity index (χ2n) is 10.00. The number of aliphatic hydroxyl groups is 1. The Bertz CT molecular complexity index is 1320.